The maximum Gasteiger partial charge on any atom is 0.136 e. The number of aryl methyl sites for hydroxylation is 2. The van der Waals surface area contributed by atoms with Gasteiger partial charge in [-0.3, -0.25) is 0 Å². The van der Waals surface area contributed by atoms with Crippen LogP contribution in [0, 0.1) is 0 Å². The number of imidazole rings is 1. The van der Waals surface area contributed by atoms with Crippen LogP contribution in [-0.4, -0.2) is 25.6 Å². The van der Waals surface area contributed by atoms with Crippen molar-refractivity contribution < 1.29 is 0 Å². The van der Waals surface area contributed by atoms with Crippen LogP contribution < -0.4 is 11.1 Å². The predicted molar refractivity (Wildman–Crippen MR) is 87.5 cm³/mol. The maximum atomic E-state index is 5.86. The highest BCUT2D eigenvalue weighted by Crippen LogP contribution is 2.25. The van der Waals surface area contributed by atoms with E-state index >= 15 is 0 Å². The molecular weight excluding hydrogens is 282 g/mol. The molecule has 0 aliphatic heterocycles. The van der Waals surface area contributed by atoms with E-state index in [1.807, 2.05) is 17.1 Å². The van der Waals surface area contributed by atoms with Crippen LogP contribution in [0.2, 0.25) is 0 Å². The number of aromatic nitrogens is 3. The second kappa shape index (κ2) is 5.81. The van der Waals surface area contributed by atoms with Crippen LogP contribution in [0.15, 0.2) is 24.8 Å². The van der Waals surface area contributed by atoms with E-state index < -0.39 is 0 Å². The van der Waals surface area contributed by atoms with E-state index in [0.29, 0.717) is 4.99 Å². The molecule has 21 heavy (non-hydrogen) atoms. The van der Waals surface area contributed by atoms with Gasteiger partial charge in [0.2, 0.25) is 0 Å². The predicted octanol–water partition coefficient (Wildman–Crippen LogP) is 1.90. The van der Waals surface area contributed by atoms with E-state index in [1.165, 1.54) is 11.3 Å². The molecular formula is C15H19N5S. The first-order chi connectivity index (χ1) is 10.1. The Hall–Kier alpha value is -1.95. The molecule has 2 aromatic heterocycles. The minimum Gasteiger partial charge on any atom is -0.389 e. The fourth-order valence-electron chi connectivity index (χ4n) is 2.76. The Labute approximate surface area is 129 Å². The zero-order valence-electron chi connectivity index (χ0n) is 12.0. The molecule has 0 saturated carbocycles. The van der Waals surface area contributed by atoms with Gasteiger partial charge >= 0.3 is 0 Å². The van der Waals surface area contributed by atoms with E-state index in [0.717, 1.165) is 37.2 Å². The summed E-state index contributed by atoms with van der Waals surface area (Å²) in [5.74, 6) is 0.802. The molecule has 0 radical (unpaired) electrons. The second-order valence-corrected chi connectivity index (χ2v) is 5.95. The Morgan fingerprint density at radius 2 is 2.38 bits per heavy atom. The highest BCUT2D eigenvalue weighted by Gasteiger charge is 2.18. The van der Waals surface area contributed by atoms with Crippen LogP contribution in [0.1, 0.15) is 30.2 Å². The minimum absolute atomic E-state index is 0.208. The molecule has 0 spiro atoms. The summed E-state index contributed by atoms with van der Waals surface area (Å²) in [5, 5.41) is 3.43. The molecule has 0 bridgehead atoms. The van der Waals surface area contributed by atoms with Crippen LogP contribution in [0.5, 0.6) is 0 Å². The largest absolute Gasteiger partial charge is 0.389 e. The van der Waals surface area contributed by atoms with Crippen LogP contribution in [-0.2, 0) is 19.4 Å². The highest BCUT2D eigenvalue weighted by atomic mass is 32.1. The summed E-state index contributed by atoms with van der Waals surface area (Å²) in [6.45, 7) is 2.92. The van der Waals surface area contributed by atoms with E-state index in [1.54, 1.807) is 6.20 Å². The number of anilines is 1. The lowest BCUT2D eigenvalue weighted by Gasteiger charge is -2.18. The molecule has 3 N–H and O–H groups in total. The van der Waals surface area contributed by atoms with E-state index in [2.05, 4.69) is 23.3 Å². The van der Waals surface area contributed by atoms with Gasteiger partial charge in [-0.15, -0.1) is 0 Å². The third-order valence-corrected chi connectivity index (χ3v) is 3.96. The first-order valence-corrected chi connectivity index (χ1v) is 7.59. The zero-order valence-corrected chi connectivity index (χ0v) is 12.9. The fraction of sp³-hybridized carbons (Fsp3) is 0.400. The molecule has 1 atom stereocenters. The lowest BCUT2D eigenvalue weighted by Crippen LogP contribution is -2.25. The van der Waals surface area contributed by atoms with Crippen LogP contribution in [0.25, 0.3) is 0 Å². The Balaban J connectivity index is 1.82. The van der Waals surface area contributed by atoms with Crippen molar-refractivity contribution in [3.05, 3.63) is 41.6 Å². The number of nitrogens with two attached hydrogens (primary N) is 1. The average molecular weight is 301 g/mol. The maximum absolute atomic E-state index is 5.86. The molecule has 3 rings (SSSR count). The summed E-state index contributed by atoms with van der Waals surface area (Å²) in [6, 6.07) is 2.31. The second-order valence-electron chi connectivity index (χ2n) is 5.51. The van der Waals surface area contributed by atoms with Crippen molar-refractivity contribution in [2.45, 2.75) is 38.8 Å². The van der Waals surface area contributed by atoms with Crippen molar-refractivity contribution in [3.8, 4) is 0 Å². The van der Waals surface area contributed by atoms with Gasteiger partial charge in [0.1, 0.15) is 10.8 Å². The van der Waals surface area contributed by atoms with Gasteiger partial charge in [0.05, 0.1) is 11.9 Å². The summed E-state index contributed by atoms with van der Waals surface area (Å²) in [6.07, 6.45) is 8.81. The number of nitrogens with one attached hydrogen (secondary N) is 1. The summed E-state index contributed by atoms with van der Waals surface area (Å²) in [5.41, 5.74) is 9.16. The molecule has 5 nitrogen and oxygen atoms in total. The normalized spacial score (nSPS) is 14.7. The first-order valence-electron chi connectivity index (χ1n) is 7.18. The average Bonchev–Trinajstić information content (AvgIpc) is 3.07. The van der Waals surface area contributed by atoms with E-state index in [9.17, 15) is 0 Å². The summed E-state index contributed by atoms with van der Waals surface area (Å²) in [7, 11) is 0. The Morgan fingerprint density at radius 1 is 1.52 bits per heavy atom. The Bertz CT molecular complexity index is 650. The number of fused-ring (bicyclic) bond motifs is 1. The van der Waals surface area contributed by atoms with Crippen molar-refractivity contribution in [2.24, 2.45) is 5.73 Å². The molecule has 2 aromatic rings. The number of hydrogen-bond acceptors (Lipinski definition) is 4. The Morgan fingerprint density at radius 3 is 3.10 bits per heavy atom. The highest BCUT2D eigenvalue weighted by molar-refractivity contribution is 7.80. The zero-order chi connectivity index (χ0) is 14.8. The topological polar surface area (TPSA) is 68.8 Å². The minimum atomic E-state index is 0.208. The van der Waals surface area contributed by atoms with Crippen LogP contribution >= 0.6 is 12.2 Å². The van der Waals surface area contributed by atoms with Crippen molar-refractivity contribution in [1.82, 2.24) is 14.5 Å². The number of nitrogens with zero attached hydrogens (tertiary/aromatic N) is 3. The number of pyridine rings is 1. The quantitative estimate of drug-likeness (QED) is 0.826. The van der Waals surface area contributed by atoms with Crippen LogP contribution in [0.4, 0.5) is 5.82 Å². The molecule has 0 fully saturated rings. The van der Waals surface area contributed by atoms with Gasteiger partial charge in [-0.2, -0.15) is 0 Å². The van der Waals surface area contributed by atoms with Crippen molar-refractivity contribution in [3.63, 3.8) is 0 Å². The van der Waals surface area contributed by atoms with Crippen LogP contribution in [0.3, 0.4) is 0 Å². The van der Waals surface area contributed by atoms with Gasteiger partial charge in [-0.05, 0) is 37.8 Å². The number of hydrogen-bond donors (Lipinski definition) is 2. The summed E-state index contributed by atoms with van der Waals surface area (Å²) < 4.78 is 2.03. The first kappa shape index (κ1) is 14.0. The molecule has 1 unspecified atom stereocenters. The van der Waals surface area contributed by atoms with Crippen molar-refractivity contribution in [2.75, 3.05) is 5.32 Å². The summed E-state index contributed by atoms with van der Waals surface area (Å²) in [4.78, 5) is 9.19. The molecule has 110 valence electrons. The van der Waals surface area contributed by atoms with Gasteiger partial charge in [0.15, 0.2) is 0 Å². The molecule has 0 amide bonds. The third kappa shape index (κ3) is 3.05. The van der Waals surface area contributed by atoms with Crippen molar-refractivity contribution >= 4 is 23.0 Å². The number of thiocarbonyl (C=S) groups is 1. The molecule has 1 aliphatic rings. The van der Waals surface area contributed by atoms with E-state index in [-0.39, 0.29) is 6.04 Å². The van der Waals surface area contributed by atoms with Gasteiger partial charge in [0, 0.05) is 30.7 Å². The fourth-order valence-corrected chi connectivity index (χ4v) is 2.92. The monoisotopic (exact) mass is 301 g/mol. The molecule has 6 heteroatoms. The lowest BCUT2D eigenvalue weighted by atomic mass is 10.1. The molecule has 0 aromatic carbocycles. The summed E-state index contributed by atoms with van der Waals surface area (Å²) >= 11 is 5.17. The standard InChI is InChI=1S/C15H19N5S/c1-10(8-20-6-5-17-9-20)18-15-12(14(16)21)7-11-3-2-4-13(11)19-15/h5-7,9-10H,2-4,8H2,1H3,(H2,16,21)(H,18,19). The number of rotatable bonds is 5. The van der Waals surface area contributed by atoms with Gasteiger partial charge < -0.3 is 15.6 Å². The molecule has 0 saturated heterocycles. The smallest absolute Gasteiger partial charge is 0.136 e. The van der Waals surface area contributed by atoms with E-state index in [4.69, 9.17) is 22.9 Å². The molecule has 1 aliphatic carbocycles. The van der Waals surface area contributed by atoms with Gasteiger partial charge in [0.25, 0.3) is 0 Å². The lowest BCUT2D eigenvalue weighted by molar-refractivity contribution is 0.616. The van der Waals surface area contributed by atoms with Crippen molar-refractivity contribution in [1.29, 1.82) is 0 Å². The van der Waals surface area contributed by atoms with Gasteiger partial charge in [-0.1, -0.05) is 12.2 Å². The van der Waals surface area contributed by atoms with Gasteiger partial charge in [-0.25, -0.2) is 9.97 Å². The Kier molecular flexibility index (Phi) is 3.88. The third-order valence-electron chi connectivity index (χ3n) is 3.74. The SMILES string of the molecule is CC(Cn1ccnc1)Nc1nc2c(cc1C(N)=S)CCC2. The molecule has 2 heterocycles.